The first-order valence-electron chi connectivity index (χ1n) is 9.11. The number of piperidine rings is 1. The third-order valence-corrected chi connectivity index (χ3v) is 4.85. The number of likely N-dealkylation sites (tertiary alicyclic amines) is 1. The molecule has 6 nitrogen and oxygen atoms in total. The van der Waals surface area contributed by atoms with Crippen molar-refractivity contribution in [2.24, 2.45) is 0 Å². The maximum Gasteiger partial charge on any atom is 0.508 e. The van der Waals surface area contributed by atoms with Gasteiger partial charge in [0.15, 0.2) is 11.5 Å². The van der Waals surface area contributed by atoms with Crippen LogP contribution in [0.25, 0.3) is 0 Å². The highest BCUT2D eigenvalue weighted by Crippen LogP contribution is 2.33. The van der Waals surface area contributed by atoms with E-state index in [9.17, 15) is 4.79 Å². The van der Waals surface area contributed by atoms with Crippen molar-refractivity contribution in [1.82, 2.24) is 4.90 Å². The van der Waals surface area contributed by atoms with E-state index in [2.05, 4.69) is 11.8 Å². The summed E-state index contributed by atoms with van der Waals surface area (Å²) >= 11 is 0. The molecule has 1 saturated heterocycles. The zero-order valence-corrected chi connectivity index (χ0v) is 15.0. The van der Waals surface area contributed by atoms with Crippen LogP contribution in [0.15, 0.2) is 24.3 Å². The van der Waals surface area contributed by atoms with Gasteiger partial charge in [0.25, 0.3) is 0 Å². The molecule has 2 unspecified atom stereocenters. The lowest BCUT2D eigenvalue weighted by Gasteiger charge is -2.42. The normalized spacial score (nSPS) is 26.1. The Hall–Kier alpha value is -1.95. The quantitative estimate of drug-likeness (QED) is 0.761. The highest BCUT2D eigenvalue weighted by atomic mass is 16.7. The van der Waals surface area contributed by atoms with E-state index in [0.717, 1.165) is 43.9 Å². The summed E-state index contributed by atoms with van der Waals surface area (Å²) in [6.07, 6.45) is 2.02. The standard InChI is InChI=1S/C19H27NO5/c1-3-19(25-18(21)22-4-2)10-7-11-20(14-19)12-15-13-23-16-8-5-6-9-17(16)24-15/h5-6,8-9,15H,3-4,7,10-14H2,1-2H3. The second-order valence-corrected chi connectivity index (χ2v) is 6.66. The molecule has 0 aliphatic carbocycles. The van der Waals surface area contributed by atoms with E-state index in [1.54, 1.807) is 6.92 Å². The minimum atomic E-state index is -0.572. The molecule has 3 rings (SSSR count). The lowest BCUT2D eigenvalue weighted by molar-refractivity contribution is -0.0801. The van der Waals surface area contributed by atoms with Crippen LogP contribution in [0.4, 0.5) is 4.79 Å². The van der Waals surface area contributed by atoms with Gasteiger partial charge in [0.05, 0.1) is 6.61 Å². The summed E-state index contributed by atoms with van der Waals surface area (Å²) in [7, 11) is 0. The first-order valence-corrected chi connectivity index (χ1v) is 9.11. The van der Waals surface area contributed by atoms with Crippen LogP contribution >= 0.6 is 0 Å². The van der Waals surface area contributed by atoms with Gasteiger partial charge in [-0.3, -0.25) is 4.90 Å². The number of benzene rings is 1. The van der Waals surface area contributed by atoms with Crippen LogP contribution in [0.2, 0.25) is 0 Å². The molecule has 0 N–H and O–H groups in total. The second-order valence-electron chi connectivity index (χ2n) is 6.66. The molecule has 0 spiro atoms. The third-order valence-electron chi connectivity index (χ3n) is 4.85. The van der Waals surface area contributed by atoms with Crippen molar-refractivity contribution in [3.05, 3.63) is 24.3 Å². The van der Waals surface area contributed by atoms with Gasteiger partial charge in [0.1, 0.15) is 18.3 Å². The summed E-state index contributed by atoms with van der Waals surface area (Å²) in [4.78, 5) is 14.1. The van der Waals surface area contributed by atoms with E-state index in [1.165, 1.54) is 0 Å². The van der Waals surface area contributed by atoms with Crippen molar-refractivity contribution in [3.8, 4) is 11.5 Å². The molecule has 1 aromatic rings. The number of hydrogen-bond acceptors (Lipinski definition) is 6. The molecule has 25 heavy (non-hydrogen) atoms. The monoisotopic (exact) mass is 349 g/mol. The summed E-state index contributed by atoms with van der Waals surface area (Å²) in [5.74, 6) is 1.59. The van der Waals surface area contributed by atoms with Crippen molar-refractivity contribution in [2.45, 2.75) is 44.8 Å². The van der Waals surface area contributed by atoms with Crippen LogP contribution in [0.5, 0.6) is 11.5 Å². The Morgan fingerprint density at radius 2 is 2.12 bits per heavy atom. The Morgan fingerprint density at radius 1 is 1.32 bits per heavy atom. The van der Waals surface area contributed by atoms with Gasteiger partial charge in [-0.2, -0.15) is 0 Å². The molecule has 2 aliphatic rings. The minimum Gasteiger partial charge on any atom is -0.486 e. The van der Waals surface area contributed by atoms with Gasteiger partial charge in [0, 0.05) is 13.1 Å². The maximum atomic E-state index is 11.8. The number of fused-ring (bicyclic) bond motifs is 1. The second kappa shape index (κ2) is 7.95. The molecule has 1 fully saturated rings. The first-order chi connectivity index (χ1) is 12.1. The van der Waals surface area contributed by atoms with Crippen LogP contribution in [-0.4, -0.2) is 55.6 Å². The highest BCUT2D eigenvalue weighted by molar-refractivity contribution is 5.60. The van der Waals surface area contributed by atoms with Gasteiger partial charge >= 0.3 is 6.16 Å². The SMILES string of the molecule is CCOC(=O)OC1(CC)CCCN(CC2COc3ccccc3O2)C1. The molecule has 138 valence electrons. The van der Waals surface area contributed by atoms with Gasteiger partial charge in [-0.25, -0.2) is 4.79 Å². The van der Waals surface area contributed by atoms with Crippen LogP contribution in [0.1, 0.15) is 33.1 Å². The van der Waals surface area contributed by atoms with Crippen LogP contribution < -0.4 is 9.47 Å². The van der Waals surface area contributed by atoms with E-state index in [-0.39, 0.29) is 6.10 Å². The van der Waals surface area contributed by atoms with E-state index >= 15 is 0 Å². The maximum absolute atomic E-state index is 11.8. The highest BCUT2D eigenvalue weighted by Gasteiger charge is 2.39. The van der Waals surface area contributed by atoms with Crippen molar-refractivity contribution in [3.63, 3.8) is 0 Å². The summed E-state index contributed by atoms with van der Waals surface area (Å²) in [6.45, 7) is 7.12. The lowest BCUT2D eigenvalue weighted by atomic mass is 9.90. The van der Waals surface area contributed by atoms with E-state index in [0.29, 0.717) is 19.8 Å². The van der Waals surface area contributed by atoms with Crippen LogP contribution in [0, 0.1) is 0 Å². The number of para-hydroxylation sites is 2. The topological polar surface area (TPSA) is 57.2 Å². The number of ether oxygens (including phenoxy) is 4. The average Bonchev–Trinajstić information content (AvgIpc) is 2.62. The van der Waals surface area contributed by atoms with Crippen molar-refractivity contribution >= 4 is 6.16 Å². The summed E-state index contributed by atoms with van der Waals surface area (Å²) < 4.78 is 22.5. The molecule has 1 aromatic carbocycles. The fourth-order valence-corrected chi connectivity index (χ4v) is 3.56. The lowest BCUT2D eigenvalue weighted by Crippen LogP contribution is -2.53. The van der Waals surface area contributed by atoms with Crippen molar-refractivity contribution in [1.29, 1.82) is 0 Å². The molecule has 0 amide bonds. The number of hydrogen-bond donors (Lipinski definition) is 0. The molecule has 2 heterocycles. The molecular formula is C19H27NO5. The summed E-state index contributed by atoms with van der Waals surface area (Å²) in [6, 6.07) is 7.73. The molecule has 2 aliphatic heterocycles. The average molecular weight is 349 g/mol. The predicted octanol–water partition coefficient (Wildman–Crippen LogP) is 3.24. The van der Waals surface area contributed by atoms with Gasteiger partial charge < -0.3 is 18.9 Å². The number of carbonyl (C=O) groups excluding carboxylic acids is 1. The molecule has 6 heteroatoms. The van der Waals surface area contributed by atoms with E-state index in [1.807, 2.05) is 24.3 Å². The Bertz CT molecular complexity index is 593. The first kappa shape index (κ1) is 17.9. The van der Waals surface area contributed by atoms with Gasteiger partial charge in [0.2, 0.25) is 0 Å². The van der Waals surface area contributed by atoms with Crippen molar-refractivity contribution < 1.29 is 23.7 Å². The molecular weight excluding hydrogens is 322 g/mol. The van der Waals surface area contributed by atoms with E-state index in [4.69, 9.17) is 18.9 Å². The summed E-state index contributed by atoms with van der Waals surface area (Å²) in [5, 5.41) is 0. The zero-order valence-electron chi connectivity index (χ0n) is 15.0. The molecule has 0 bridgehead atoms. The summed E-state index contributed by atoms with van der Waals surface area (Å²) in [5.41, 5.74) is -0.474. The fraction of sp³-hybridized carbons (Fsp3) is 0.632. The zero-order chi connectivity index (χ0) is 17.7. The Kier molecular flexibility index (Phi) is 5.68. The van der Waals surface area contributed by atoms with Crippen LogP contribution in [0.3, 0.4) is 0 Å². The molecule has 2 atom stereocenters. The number of carbonyl (C=O) groups is 1. The van der Waals surface area contributed by atoms with Gasteiger partial charge in [-0.05, 0) is 44.9 Å². The Labute approximate surface area is 149 Å². The minimum absolute atomic E-state index is 0.0230. The molecule has 0 saturated carbocycles. The van der Waals surface area contributed by atoms with Gasteiger partial charge in [-0.1, -0.05) is 19.1 Å². The predicted molar refractivity (Wildman–Crippen MR) is 93.2 cm³/mol. The number of rotatable bonds is 5. The molecule has 0 radical (unpaired) electrons. The third kappa shape index (κ3) is 4.37. The fourth-order valence-electron chi connectivity index (χ4n) is 3.56. The largest absolute Gasteiger partial charge is 0.508 e. The smallest absolute Gasteiger partial charge is 0.486 e. The number of nitrogens with zero attached hydrogens (tertiary/aromatic N) is 1. The van der Waals surface area contributed by atoms with Crippen LogP contribution in [-0.2, 0) is 9.47 Å². The molecule has 0 aromatic heterocycles. The Balaban J connectivity index is 1.59. The van der Waals surface area contributed by atoms with Crippen molar-refractivity contribution in [2.75, 3.05) is 32.8 Å². The Morgan fingerprint density at radius 3 is 2.88 bits per heavy atom. The van der Waals surface area contributed by atoms with Gasteiger partial charge in [-0.15, -0.1) is 0 Å². The van der Waals surface area contributed by atoms with E-state index < -0.39 is 11.8 Å².